The van der Waals surface area contributed by atoms with Gasteiger partial charge in [0.2, 0.25) is 0 Å². The smallest absolute Gasteiger partial charge is 0.191 e. The van der Waals surface area contributed by atoms with Gasteiger partial charge in [-0.3, -0.25) is 9.89 Å². The molecule has 0 aromatic rings. The van der Waals surface area contributed by atoms with Gasteiger partial charge in [0.05, 0.1) is 6.61 Å². The Morgan fingerprint density at radius 2 is 2.04 bits per heavy atom. The minimum Gasteiger partial charge on any atom is -0.396 e. The minimum atomic E-state index is 0.202. The monoisotopic (exact) mass is 368 g/mol. The standard InChI is InChI=1S/C20H40N4O2/c1-3-21-19(22-16-18-8-7-12-24(18)13-15-26-2)23-17-20(11-14-25)9-5-4-6-10-20/h18,25H,3-17H2,1-2H3,(H2,21,22,23). The quantitative estimate of drug-likeness (QED) is 0.406. The van der Waals surface area contributed by atoms with E-state index in [1.807, 2.05) is 0 Å². The first kappa shape index (κ1) is 21.5. The Morgan fingerprint density at radius 1 is 1.23 bits per heavy atom. The molecule has 3 N–H and O–H groups in total. The summed E-state index contributed by atoms with van der Waals surface area (Å²) in [4.78, 5) is 7.44. The highest BCUT2D eigenvalue weighted by Crippen LogP contribution is 2.39. The Hall–Kier alpha value is -0.850. The van der Waals surface area contributed by atoms with E-state index in [0.717, 1.165) is 45.2 Å². The number of aliphatic hydroxyl groups excluding tert-OH is 1. The molecule has 152 valence electrons. The van der Waals surface area contributed by atoms with Crippen LogP contribution in [-0.2, 0) is 4.74 Å². The van der Waals surface area contributed by atoms with Gasteiger partial charge in [0.1, 0.15) is 0 Å². The molecule has 2 rings (SSSR count). The molecule has 1 aliphatic heterocycles. The Bertz CT molecular complexity index is 405. The summed E-state index contributed by atoms with van der Waals surface area (Å²) in [6, 6.07) is 0.565. The van der Waals surface area contributed by atoms with Crippen molar-refractivity contribution in [2.75, 3.05) is 53.0 Å². The molecule has 1 saturated carbocycles. The molecule has 6 heteroatoms. The summed E-state index contributed by atoms with van der Waals surface area (Å²) in [6.45, 7) is 7.99. The molecular weight excluding hydrogens is 328 g/mol. The predicted octanol–water partition coefficient (Wildman–Crippen LogP) is 1.99. The average Bonchev–Trinajstić information content (AvgIpc) is 3.11. The summed E-state index contributed by atoms with van der Waals surface area (Å²) in [5.41, 5.74) is 0.202. The van der Waals surface area contributed by atoms with Crippen molar-refractivity contribution in [3.63, 3.8) is 0 Å². The summed E-state index contributed by atoms with van der Waals surface area (Å²) < 4.78 is 5.24. The molecule has 26 heavy (non-hydrogen) atoms. The fraction of sp³-hybridized carbons (Fsp3) is 0.950. The van der Waals surface area contributed by atoms with Crippen LogP contribution in [0.25, 0.3) is 0 Å². The maximum atomic E-state index is 9.50. The van der Waals surface area contributed by atoms with Gasteiger partial charge in [0.15, 0.2) is 5.96 Å². The first-order valence-corrected chi connectivity index (χ1v) is 10.6. The van der Waals surface area contributed by atoms with E-state index in [1.165, 1.54) is 51.5 Å². The molecule has 2 fully saturated rings. The van der Waals surface area contributed by atoms with Crippen molar-refractivity contribution >= 4 is 5.96 Å². The Morgan fingerprint density at radius 3 is 2.73 bits per heavy atom. The summed E-state index contributed by atoms with van der Waals surface area (Å²) in [6.07, 6.45) is 9.66. The lowest BCUT2D eigenvalue weighted by Gasteiger charge is -2.36. The first-order chi connectivity index (χ1) is 12.7. The molecular formula is C20H40N4O2. The van der Waals surface area contributed by atoms with Gasteiger partial charge in [-0.05, 0) is 51.0 Å². The zero-order valence-corrected chi connectivity index (χ0v) is 16.9. The topological polar surface area (TPSA) is 69.1 Å². The summed E-state index contributed by atoms with van der Waals surface area (Å²) >= 11 is 0. The molecule has 0 aromatic heterocycles. The van der Waals surface area contributed by atoms with Crippen molar-refractivity contribution < 1.29 is 9.84 Å². The second-order valence-electron chi connectivity index (χ2n) is 7.94. The van der Waals surface area contributed by atoms with E-state index in [-0.39, 0.29) is 12.0 Å². The number of rotatable bonds is 10. The molecule has 0 radical (unpaired) electrons. The highest BCUT2D eigenvalue weighted by molar-refractivity contribution is 5.79. The van der Waals surface area contributed by atoms with Crippen LogP contribution in [0.4, 0.5) is 0 Å². The third-order valence-corrected chi connectivity index (χ3v) is 6.06. The number of ether oxygens (including phenoxy) is 1. The maximum absolute atomic E-state index is 9.50. The van der Waals surface area contributed by atoms with Crippen LogP contribution >= 0.6 is 0 Å². The zero-order chi connectivity index (χ0) is 18.7. The molecule has 1 unspecified atom stereocenters. The van der Waals surface area contributed by atoms with Gasteiger partial charge in [-0.1, -0.05) is 19.3 Å². The van der Waals surface area contributed by atoms with Crippen LogP contribution in [-0.4, -0.2) is 75.1 Å². The molecule has 1 heterocycles. The predicted molar refractivity (Wildman–Crippen MR) is 108 cm³/mol. The second kappa shape index (κ2) is 11.8. The van der Waals surface area contributed by atoms with Crippen LogP contribution in [0.5, 0.6) is 0 Å². The van der Waals surface area contributed by atoms with Crippen molar-refractivity contribution in [1.29, 1.82) is 0 Å². The number of hydrogen-bond acceptors (Lipinski definition) is 4. The minimum absolute atomic E-state index is 0.202. The van der Waals surface area contributed by atoms with E-state index >= 15 is 0 Å². The maximum Gasteiger partial charge on any atom is 0.191 e. The van der Waals surface area contributed by atoms with Crippen molar-refractivity contribution in [3.8, 4) is 0 Å². The van der Waals surface area contributed by atoms with E-state index in [4.69, 9.17) is 9.73 Å². The molecule has 1 saturated heterocycles. The average molecular weight is 369 g/mol. The molecule has 1 atom stereocenters. The van der Waals surface area contributed by atoms with Gasteiger partial charge >= 0.3 is 0 Å². The number of hydrogen-bond donors (Lipinski definition) is 3. The summed E-state index contributed by atoms with van der Waals surface area (Å²) in [5, 5.41) is 16.5. The van der Waals surface area contributed by atoms with Gasteiger partial charge in [-0.15, -0.1) is 0 Å². The Labute approximate surface area is 159 Å². The van der Waals surface area contributed by atoms with Crippen molar-refractivity contribution in [1.82, 2.24) is 15.5 Å². The zero-order valence-electron chi connectivity index (χ0n) is 16.9. The van der Waals surface area contributed by atoms with Gasteiger partial charge in [0.25, 0.3) is 0 Å². The molecule has 0 aromatic carbocycles. The third-order valence-electron chi connectivity index (χ3n) is 6.06. The Kier molecular flexibility index (Phi) is 9.72. The van der Waals surface area contributed by atoms with Crippen LogP contribution in [0.15, 0.2) is 4.99 Å². The molecule has 6 nitrogen and oxygen atoms in total. The van der Waals surface area contributed by atoms with Gasteiger partial charge in [-0.2, -0.15) is 0 Å². The molecule has 0 spiro atoms. The largest absolute Gasteiger partial charge is 0.396 e. The first-order valence-electron chi connectivity index (χ1n) is 10.6. The lowest BCUT2D eigenvalue weighted by molar-refractivity contribution is 0.137. The van der Waals surface area contributed by atoms with Crippen LogP contribution in [0.1, 0.15) is 58.3 Å². The normalized spacial score (nSPS) is 24.0. The van der Waals surface area contributed by atoms with Crippen molar-refractivity contribution in [3.05, 3.63) is 0 Å². The van der Waals surface area contributed by atoms with E-state index < -0.39 is 0 Å². The number of aliphatic hydroxyl groups is 1. The van der Waals surface area contributed by atoms with E-state index in [9.17, 15) is 5.11 Å². The SMILES string of the molecule is CCNC(=NCC1(CCO)CCCCC1)NCC1CCCN1CCOC. The summed E-state index contributed by atoms with van der Waals surface area (Å²) in [7, 11) is 1.77. The lowest BCUT2D eigenvalue weighted by Crippen LogP contribution is -2.46. The van der Waals surface area contributed by atoms with Crippen molar-refractivity contribution in [2.24, 2.45) is 10.4 Å². The van der Waals surface area contributed by atoms with Crippen LogP contribution in [0.3, 0.4) is 0 Å². The molecule has 0 bridgehead atoms. The van der Waals surface area contributed by atoms with Gasteiger partial charge in [0, 0.05) is 45.9 Å². The number of nitrogens with one attached hydrogen (secondary N) is 2. The van der Waals surface area contributed by atoms with E-state index in [2.05, 4.69) is 22.5 Å². The third kappa shape index (κ3) is 6.71. The molecule has 0 amide bonds. The second-order valence-corrected chi connectivity index (χ2v) is 7.94. The Balaban J connectivity index is 1.89. The van der Waals surface area contributed by atoms with Crippen LogP contribution < -0.4 is 10.6 Å². The van der Waals surface area contributed by atoms with E-state index in [0.29, 0.717) is 6.04 Å². The highest BCUT2D eigenvalue weighted by atomic mass is 16.5. The molecule has 1 aliphatic carbocycles. The number of nitrogens with zero attached hydrogens (tertiary/aromatic N) is 2. The molecule has 2 aliphatic rings. The van der Waals surface area contributed by atoms with Gasteiger partial charge < -0.3 is 20.5 Å². The summed E-state index contributed by atoms with van der Waals surface area (Å²) in [5.74, 6) is 0.925. The lowest BCUT2D eigenvalue weighted by atomic mass is 9.72. The number of methoxy groups -OCH3 is 1. The van der Waals surface area contributed by atoms with Crippen LogP contribution in [0, 0.1) is 5.41 Å². The highest BCUT2D eigenvalue weighted by Gasteiger charge is 2.31. The van der Waals surface area contributed by atoms with Crippen LogP contribution in [0.2, 0.25) is 0 Å². The number of aliphatic imine (C=N–C) groups is 1. The van der Waals surface area contributed by atoms with Crippen molar-refractivity contribution in [2.45, 2.75) is 64.3 Å². The number of guanidine groups is 1. The number of likely N-dealkylation sites (tertiary alicyclic amines) is 1. The van der Waals surface area contributed by atoms with E-state index in [1.54, 1.807) is 7.11 Å². The fourth-order valence-corrected chi connectivity index (χ4v) is 4.46. The fourth-order valence-electron chi connectivity index (χ4n) is 4.46. The van der Waals surface area contributed by atoms with Gasteiger partial charge in [-0.25, -0.2) is 0 Å².